The third-order valence-electron chi connectivity index (χ3n) is 2.72. The van der Waals surface area contributed by atoms with Gasteiger partial charge in [-0.1, -0.05) is 23.7 Å². The molecule has 0 spiro atoms. The summed E-state index contributed by atoms with van der Waals surface area (Å²) in [7, 11) is -2.76. The van der Waals surface area contributed by atoms with E-state index in [0.717, 1.165) is 10.9 Å². The Balaban J connectivity index is 2.81. The van der Waals surface area contributed by atoms with Gasteiger partial charge in [0.1, 0.15) is 0 Å². The van der Waals surface area contributed by atoms with Crippen molar-refractivity contribution >= 4 is 27.3 Å². The van der Waals surface area contributed by atoms with E-state index >= 15 is 0 Å². The van der Waals surface area contributed by atoms with E-state index in [-0.39, 0.29) is 9.92 Å². The summed E-state index contributed by atoms with van der Waals surface area (Å²) in [6, 6.07) is 4.60. The lowest BCUT2D eigenvalue weighted by atomic mass is 10.2. The quantitative estimate of drug-likeness (QED) is 0.638. The van der Waals surface area contributed by atoms with Crippen LogP contribution in [0.4, 0.5) is 5.82 Å². The Morgan fingerprint density at radius 3 is 2.60 bits per heavy atom. The van der Waals surface area contributed by atoms with E-state index in [1.807, 2.05) is 0 Å². The van der Waals surface area contributed by atoms with Gasteiger partial charge < -0.3 is 10.1 Å². The van der Waals surface area contributed by atoms with Gasteiger partial charge in [-0.2, -0.15) is 0 Å². The number of aryl methyl sites for hydroxylation is 2. The molecule has 0 radical (unpaired) electrons. The lowest BCUT2D eigenvalue weighted by Gasteiger charge is -2.09. The van der Waals surface area contributed by atoms with E-state index in [9.17, 15) is 18.5 Å². The minimum atomic E-state index is -4.14. The zero-order valence-corrected chi connectivity index (χ0v) is 12.1. The smallest absolute Gasteiger partial charge is 0.358 e. The number of nitrogens with zero attached hydrogens (tertiary/aromatic N) is 3. The normalized spacial score (nSPS) is 11.6. The zero-order valence-electron chi connectivity index (χ0n) is 10.6. The summed E-state index contributed by atoms with van der Waals surface area (Å²) in [6.45, 7) is 1.57. The summed E-state index contributed by atoms with van der Waals surface area (Å²) in [6.07, 6.45) is 1.08. The van der Waals surface area contributed by atoms with Crippen LogP contribution in [-0.4, -0.2) is 22.9 Å². The second kappa shape index (κ2) is 4.88. The topological polar surface area (TPSA) is 95.1 Å². The molecule has 0 saturated carbocycles. The summed E-state index contributed by atoms with van der Waals surface area (Å²) in [5.74, 6) is -0.716. The van der Waals surface area contributed by atoms with Crippen LogP contribution in [0.2, 0.25) is 5.02 Å². The van der Waals surface area contributed by atoms with Crippen LogP contribution in [0, 0.1) is 17.0 Å². The standard InChI is InChI=1S/C11H10ClN3O4S/c1-7-4-3-5-8(12)9(7)20(18,19)11-10(15(16)17)13-6-14(11)2/h3-6H,1-2H3. The number of benzene rings is 1. The molecule has 7 nitrogen and oxygen atoms in total. The minimum absolute atomic E-state index is 0.0143. The Morgan fingerprint density at radius 1 is 1.40 bits per heavy atom. The van der Waals surface area contributed by atoms with Gasteiger partial charge in [-0.15, -0.1) is 0 Å². The molecule has 0 atom stereocenters. The summed E-state index contributed by atoms with van der Waals surface area (Å²) < 4.78 is 26.4. The molecular weight excluding hydrogens is 306 g/mol. The van der Waals surface area contributed by atoms with Gasteiger partial charge in [0.25, 0.3) is 0 Å². The highest BCUT2D eigenvalue weighted by molar-refractivity contribution is 7.91. The molecule has 1 aromatic heterocycles. The Morgan fingerprint density at radius 2 is 2.05 bits per heavy atom. The molecule has 20 heavy (non-hydrogen) atoms. The highest BCUT2D eigenvalue weighted by Gasteiger charge is 2.35. The number of hydrogen-bond donors (Lipinski definition) is 0. The highest BCUT2D eigenvalue weighted by atomic mass is 35.5. The number of hydrogen-bond acceptors (Lipinski definition) is 5. The number of rotatable bonds is 3. The fourth-order valence-electron chi connectivity index (χ4n) is 1.90. The summed E-state index contributed by atoms with van der Waals surface area (Å²) in [5.41, 5.74) is 0.410. The van der Waals surface area contributed by atoms with Crippen molar-refractivity contribution in [2.75, 3.05) is 0 Å². The minimum Gasteiger partial charge on any atom is -0.358 e. The maximum absolute atomic E-state index is 12.6. The molecule has 0 N–H and O–H groups in total. The summed E-state index contributed by atoms with van der Waals surface area (Å²) in [4.78, 5) is 13.4. The number of sulfone groups is 1. The molecule has 1 aromatic carbocycles. The predicted molar refractivity (Wildman–Crippen MR) is 71.5 cm³/mol. The molecule has 0 unspecified atom stereocenters. The number of nitro groups is 1. The zero-order chi connectivity index (χ0) is 15.1. The first-order chi connectivity index (χ1) is 9.26. The van der Waals surface area contributed by atoms with Crippen molar-refractivity contribution < 1.29 is 13.3 Å². The molecule has 2 rings (SSSR count). The molecule has 0 amide bonds. The number of aromatic nitrogens is 2. The molecular formula is C11H10ClN3O4S. The van der Waals surface area contributed by atoms with Gasteiger partial charge in [0, 0.05) is 7.05 Å². The summed E-state index contributed by atoms with van der Waals surface area (Å²) in [5, 5.41) is 10.4. The molecule has 0 bridgehead atoms. The van der Waals surface area contributed by atoms with Gasteiger partial charge >= 0.3 is 5.82 Å². The molecule has 2 aromatic rings. The van der Waals surface area contributed by atoms with Gasteiger partial charge in [0.2, 0.25) is 21.2 Å². The van der Waals surface area contributed by atoms with Gasteiger partial charge in [0.05, 0.1) is 9.92 Å². The number of halogens is 1. The van der Waals surface area contributed by atoms with Gasteiger partial charge in [-0.25, -0.2) is 8.42 Å². The second-order valence-corrected chi connectivity index (χ2v) is 6.34. The first-order valence-corrected chi connectivity index (χ1v) is 7.29. The fourth-order valence-corrected chi connectivity index (χ4v) is 4.23. The Hall–Kier alpha value is -1.93. The molecule has 0 saturated heterocycles. The van der Waals surface area contributed by atoms with Gasteiger partial charge in [0.15, 0.2) is 0 Å². The third-order valence-corrected chi connectivity index (χ3v) is 5.21. The first-order valence-electron chi connectivity index (χ1n) is 5.42. The fraction of sp³-hybridized carbons (Fsp3) is 0.182. The van der Waals surface area contributed by atoms with Crippen LogP contribution in [0.1, 0.15) is 5.56 Å². The van der Waals surface area contributed by atoms with Crippen LogP contribution in [0.15, 0.2) is 34.4 Å². The average molecular weight is 316 g/mol. The molecule has 106 valence electrons. The van der Waals surface area contributed by atoms with Crippen molar-refractivity contribution in [1.29, 1.82) is 0 Å². The van der Waals surface area contributed by atoms with Crippen LogP contribution >= 0.6 is 11.6 Å². The lowest BCUT2D eigenvalue weighted by Crippen LogP contribution is -2.11. The van der Waals surface area contributed by atoms with Crippen molar-refractivity contribution in [2.24, 2.45) is 7.05 Å². The number of imidazole rings is 1. The van der Waals surface area contributed by atoms with Crippen LogP contribution < -0.4 is 0 Å². The Kier molecular flexibility index (Phi) is 3.53. The first kappa shape index (κ1) is 14.5. The summed E-state index contributed by atoms with van der Waals surface area (Å²) >= 11 is 5.94. The highest BCUT2D eigenvalue weighted by Crippen LogP contribution is 2.33. The third kappa shape index (κ3) is 2.16. The molecule has 9 heteroatoms. The van der Waals surface area contributed by atoms with Crippen molar-refractivity contribution in [3.05, 3.63) is 45.2 Å². The monoisotopic (exact) mass is 315 g/mol. The molecule has 0 aliphatic heterocycles. The van der Waals surface area contributed by atoms with Crippen molar-refractivity contribution in [3.8, 4) is 0 Å². The Labute approximate surface area is 119 Å². The SMILES string of the molecule is Cc1cccc(Cl)c1S(=O)(=O)c1c([N+](=O)[O-])ncn1C. The molecule has 0 aliphatic rings. The maximum Gasteiger partial charge on any atom is 0.401 e. The van der Waals surface area contributed by atoms with E-state index in [2.05, 4.69) is 4.98 Å². The molecule has 0 fully saturated rings. The Bertz CT molecular complexity index is 778. The predicted octanol–water partition coefficient (Wildman–Crippen LogP) is 2.12. The van der Waals surface area contributed by atoms with Gasteiger partial charge in [-0.3, -0.25) is 4.57 Å². The maximum atomic E-state index is 12.6. The van der Waals surface area contributed by atoms with Crippen LogP contribution in [0.5, 0.6) is 0 Å². The van der Waals surface area contributed by atoms with Crippen LogP contribution in [-0.2, 0) is 16.9 Å². The lowest BCUT2D eigenvalue weighted by molar-refractivity contribution is -0.392. The second-order valence-electron chi connectivity index (χ2n) is 4.13. The largest absolute Gasteiger partial charge is 0.401 e. The van der Waals surface area contributed by atoms with E-state index in [4.69, 9.17) is 11.6 Å². The van der Waals surface area contributed by atoms with E-state index < -0.39 is 25.6 Å². The molecule has 1 heterocycles. The van der Waals surface area contributed by atoms with E-state index in [1.165, 1.54) is 13.1 Å². The van der Waals surface area contributed by atoms with E-state index in [1.54, 1.807) is 19.1 Å². The van der Waals surface area contributed by atoms with Crippen molar-refractivity contribution in [2.45, 2.75) is 16.8 Å². The molecule has 0 aliphatic carbocycles. The van der Waals surface area contributed by atoms with Crippen molar-refractivity contribution in [1.82, 2.24) is 9.55 Å². The van der Waals surface area contributed by atoms with Crippen LogP contribution in [0.25, 0.3) is 0 Å². The van der Waals surface area contributed by atoms with E-state index in [0.29, 0.717) is 5.56 Å². The van der Waals surface area contributed by atoms with Crippen LogP contribution in [0.3, 0.4) is 0 Å². The van der Waals surface area contributed by atoms with Gasteiger partial charge in [-0.05, 0) is 28.5 Å². The average Bonchev–Trinajstić information content (AvgIpc) is 2.71. The van der Waals surface area contributed by atoms with Crippen molar-refractivity contribution in [3.63, 3.8) is 0 Å².